The molecular formula is C8H14O5. The Bertz CT molecular complexity index is 187. The summed E-state index contributed by atoms with van der Waals surface area (Å²) >= 11 is 0. The lowest BCUT2D eigenvalue weighted by Crippen LogP contribution is -2.33. The van der Waals surface area contributed by atoms with Gasteiger partial charge >= 0.3 is 11.9 Å². The van der Waals surface area contributed by atoms with Gasteiger partial charge < -0.3 is 14.6 Å². The molecule has 1 N–H and O–H groups in total. The molecule has 13 heavy (non-hydrogen) atoms. The first-order valence-corrected chi connectivity index (χ1v) is 3.92. The largest absolute Gasteiger partial charge is 0.462 e. The average Bonchev–Trinajstić information content (AvgIpc) is 1.96. The Morgan fingerprint density at radius 3 is 2.15 bits per heavy atom. The number of aliphatic hydroxyl groups excluding tert-OH is 1. The Labute approximate surface area is 76.6 Å². The van der Waals surface area contributed by atoms with Crippen LogP contribution in [-0.2, 0) is 19.1 Å². The van der Waals surface area contributed by atoms with E-state index in [0.717, 1.165) is 0 Å². The zero-order chi connectivity index (χ0) is 10.4. The monoisotopic (exact) mass is 190 g/mol. The second kappa shape index (κ2) is 5.53. The van der Waals surface area contributed by atoms with Gasteiger partial charge in [0.25, 0.3) is 0 Å². The van der Waals surface area contributed by atoms with Crippen LogP contribution in [-0.4, -0.2) is 35.9 Å². The standard InChI is InChI=1S/C8H14O5/c1-5(9)8(13-7(3)11)4-12-6(2)10/h5,8-9H,4H2,1-3H3. The van der Waals surface area contributed by atoms with Crippen LogP contribution in [0.1, 0.15) is 20.8 Å². The van der Waals surface area contributed by atoms with Crippen LogP contribution in [0.15, 0.2) is 0 Å². The first-order valence-electron chi connectivity index (χ1n) is 3.92. The third-order valence-corrected chi connectivity index (χ3v) is 1.31. The molecular weight excluding hydrogens is 176 g/mol. The second-order valence-corrected chi connectivity index (χ2v) is 2.69. The van der Waals surface area contributed by atoms with E-state index in [1.807, 2.05) is 0 Å². The predicted molar refractivity (Wildman–Crippen MR) is 43.9 cm³/mol. The molecule has 0 aromatic carbocycles. The van der Waals surface area contributed by atoms with Gasteiger partial charge in [-0.25, -0.2) is 0 Å². The fourth-order valence-corrected chi connectivity index (χ4v) is 0.684. The quantitative estimate of drug-likeness (QED) is 0.625. The Kier molecular flexibility index (Phi) is 5.06. The second-order valence-electron chi connectivity index (χ2n) is 2.69. The molecule has 0 heterocycles. The van der Waals surface area contributed by atoms with Crippen molar-refractivity contribution < 1.29 is 24.2 Å². The summed E-state index contributed by atoms with van der Waals surface area (Å²) in [7, 11) is 0. The summed E-state index contributed by atoms with van der Waals surface area (Å²) in [4.78, 5) is 20.9. The Hall–Kier alpha value is -1.10. The third-order valence-electron chi connectivity index (χ3n) is 1.31. The Morgan fingerprint density at radius 2 is 1.85 bits per heavy atom. The van der Waals surface area contributed by atoms with Gasteiger partial charge in [0.15, 0.2) is 6.10 Å². The molecule has 5 heteroatoms. The molecule has 0 saturated carbocycles. The maximum absolute atomic E-state index is 10.5. The molecule has 0 bridgehead atoms. The van der Waals surface area contributed by atoms with Crippen molar-refractivity contribution in [3.63, 3.8) is 0 Å². The van der Waals surface area contributed by atoms with E-state index in [1.165, 1.54) is 20.8 Å². The van der Waals surface area contributed by atoms with Crippen molar-refractivity contribution in [3.05, 3.63) is 0 Å². The van der Waals surface area contributed by atoms with Gasteiger partial charge in [0, 0.05) is 13.8 Å². The molecule has 0 aliphatic carbocycles. The molecule has 2 unspecified atom stereocenters. The van der Waals surface area contributed by atoms with Crippen LogP contribution >= 0.6 is 0 Å². The van der Waals surface area contributed by atoms with E-state index < -0.39 is 24.1 Å². The highest BCUT2D eigenvalue weighted by molar-refractivity contribution is 5.67. The summed E-state index contributed by atoms with van der Waals surface area (Å²) < 4.78 is 9.29. The van der Waals surface area contributed by atoms with Crippen molar-refractivity contribution in [2.24, 2.45) is 0 Å². The van der Waals surface area contributed by atoms with Gasteiger partial charge in [-0.3, -0.25) is 9.59 Å². The summed E-state index contributed by atoms with van der Waals surface area (Å²) in [5.41, 5.74) is 0. The number of carbonyl (C=O) groups is 2. The zero-order valence-electron chi connectivity index (χ0n) is 7.94. The van der Waals surface area contributed by atoms with Gasteiger partial charge in [-0.15, -0.1) is 0 Å². The van der Waals surface area contributed by atoms with Crippen LogP contribution in [0.3, 0.4) is 0 Å². The molecule has 5 nitrogen and oxygen atoms in total. The summed E-state index contributed by atoms with van der Waals surface area (Å²) in [5, 5.41) is 9.11. The highest BCUT2D eigenvalue weighted by Gasteiger charge is 2.19. The van der Waals surface area contributed by atoms with E-state index in [2.05, 4.69) is 4.74 Å². The van der Waals surface area contributed by atoms with Crippen molar-refractivity contribution in [2.45, 2.75) is 33.0 Å². The van der Waals surface area contributed by atoms with Crippen LogP contribution in [0.4, 0.5) is 0 Å². The fourth-order valence-electron chi connectivity index (χ4n) is 0.684. The van der Waals surface area contributed by atoms with E-state index in [1.54, 1.807) is 0 Å². The van der Waals surface area contributed by atoms with Crippen molar-refractivity contribution in [2.75, 3.05) is 6.61 Å². The number of hydrogen-bond acceptors (Lipinski definition) is 5. The summed E-state index contributed by atoms with van der Waals surface area (Å²) in [6.07, 6.45) is -1.65. The van der Waals surface area contributed by atoms with Crippen molar-refractivity contribution >= 4 is 11.9 Å². The topological polar surface area (TPSA) is 72.8 Å². The number of ether oxygens (including phenoxy) is 2. The maximum atomic E-state index is 10.5. The van der Waals surface area contributed by atoms with Crippen LogP contribution in [0.25, 0.3) is 0 Å². The molecule has 76 valence electrons. The lowest BCUT2D eigenvalue weighted by molar-refractivity contribution is -0.162. The van der Waals surface area contributed by atoms with Crippen LogP contribution in [0.2, 0.25) is 0 Å². The zero-order valence-corrected chi connectivity index (χ0v) is 7.94. The molecule has 0 aliphatic heterocycles. The van der Waals surface area contributed by atoms with Gasteiger partial charge in [-0.2, -0.15) is 0 Å². The molecule has 0 aliphatic rings. The molecule has 0 amide bonds. The van der Waals surface area contributed by atoms with Crippen molar-refractivity contribution in [1.82, 2.24) is 0 Å². The first-order chi connectivity index (χ1) is 5.93. The molecule has 0 aromatic heterocycles. The minimum atomic E-state index is -0.858. The fraction of sp³-hybridized carbons (Fsp3) is 0.750. The highest BCUT2D eigenvalue weighted by atomic mass is 16.6. The lowest BCUT2D eigenvalue weighted by Gasteiger charge is -2.18. The van der Waals surface area contributed by atoms with Crippen molar-refractivity contribution in [3.8, 4) is 0 Å². The number of carbonyl (C=O) groups excluding carboxylic acids is 2. The van der Waals surface area contributed by atoms with E-state index in [9.17, 15) is 9.59 Å². The van der Waals surface area contributed by atoms with E-state index in [0.29, 0.717) is 0 Å². The molecule has 2 atom stereocenters. The number of hydrogen-bond donors (Lipinski definition) is 1. The summed E-state index contributed by atoms with van der Waals surface area (Å²) in [6.45, 7) is 3.81. The Balaban J connectivity index is 3.95. The average molecular weight is 190 g/mol. The molecule has 0 rings (SSSR count). The number of esters is 2. The number of rotatable bonds is 4. The first kappa shape index (κ1) is 11.9. The van der Waals surface area contributed by atoms with Gasteiger partial charge in [-0.05, 0) is 6.92 Å². The lowest BCUT2D eigenvalue weighted by atomic mass is 10.2. The van der Waals surface area contributed by atoms with Crippen LogP contribution < -0.4 is 0 Å². The SMILES string of the molecule is CC(=O)OCC(OC(C)=O)C(C)O. The molecule has 0 fully saturated rings. The molecule has 0 radical (unpaired) electrons. The van der Waals surface area contributed by atoms with E-state index in [-0.39, 0.29) is 6.61 Å². The van der Waals surface area contributed by atoms with Gasteiger partial charge in [0.1, 0.15) is 6.61 Å². The molecule has 0 spiro atoms. The summed E-state index contributed by atoms with van der Waals surface area (Å²) in [5.74, 6) is -0.990. The van der Waals surface area contributed by atoms with Crippen LogP contribution in [0, 0.1) is 0 Å². The minimum Gasteiger partial charge on any atom is -0.462 e. The van der Waals surface area contributed by atoms with Gasteiger partial charge in [-0.1, -0.05) is 0 Å². The maximum Gasteiger partial charge on any atom is 0.303 e. The normalized spacial score (nSPS) is 14.5. The van der Waals surface area contributed by atoms with E-state index >= 15 is 0 Å². The van der Waals surface area contributed by atoms with Gasteiger partial charge in [0.05, 0.1) is 6.10 Å². The van der Waals surface area contributed by atoms with E-state index in [4.69, 9.17) is 9.84 Å². The predicted octanol–water partition coefficient (Wildman–Crippen LogP) is -0.138. The van der Waals surface area contributed by atoms with Gasteiger partial charge in [0.2, 0.25) is 0 Å². The molecule has 0 saturated heterocycles. The van der Waals surface area contributed by atoms with Crippen LogP contribution in [0.5, 0.6) is 0 Å². The minimum absolute atomic E-state index is 0.118. The Morgan fingerprint density at radius 1 is 1.31 bits per heavy atom. The number of aliphatic hydroxyl groups is 1. The summed E-state index contributed by atoms with van der Waals surface area (Å²) in [6, 6.07) is 0. The highest BCUT2D eigenvalue weighted by Crippen LogP contribution is 2.00. The van der Waals surface area contributed by atoms with Crippen molar-refractivity contribution in [1.29, 1.82) is 0 Å². The third kappa shape index (κ3) is 6.10. The smallest absolute Gasteiger partial charge is 0.303 e. The molecule has 0 aromatic rings.